The van der Waals surface area contributed by atoms with Crippen molar-refractivity contribution in [2.45, 2.75) is 6.61 Å². The van der Waals surface area contributed by atoms with Gasteiger partial charge in [-0.25, -0.2) is 14.4 Å². The third-order valence-corrected chi connectivity index (χ3v) is 4.18. The van der Waals surface area contributed by atoms with Crippen LogP contribution in [0.3, 0.4) is 0 Å². The number of halogens is 2. The molecular weight excluding hydrogens is 373 g/mol. The van der Waals surface area contributed by atoms with Crippen LogP contribution in [0.2, 0.25) is 5.02 Å². The largest absolute Gasteiger partial charge is 0.486 e. The van der Waals surface area contributed by atoms with Crippen LogP contribution >= 0.6 is 11.6 Å². The van der Waals surface area contributed by atoms with Crippen LogP contribution in [0.5, 0.6) is 5.75 Å². The second kappa shape index (κ2) is 6.81. The lowest BCUT2D eigenvalue weighted by atomic mass is 10.2. The molecule has 0 fully saturated rings. The van der Waals surface area contributed by atoms with E-state index in [9.17, 15) is 9.18 Å². The standard InChI is InChI=1S/C18H13ClFN5O2/c1-25-7-14(22-9-25)17-16-11(4-5-21-17)18(26)24-15(23-16)8-27-10-2-3-13(20)12(19)6-10/h2-7,9H,8H2,1H3,(H,23,24,26). The molecule has 27 heavy (non-hydrogen) atoms. The van der Waals surface area contributed by atoms with Crippen molar-refractivity contribution in [3.05, 3.63) is 70.0 Å². The number of aryl methyl sites for hydroxylation is 1. The Labute approximate surface area is 157 Å². The summed E-state index contributed by atoms with van der Waals surface area (Å²) >= 11 is 5.74. The molecule has 0 aliphatic heterocycles. The predicted octanol–water partition coefficient (Wildman–Crippen LogP) is 3.09. The molecule has 0 aliphatic carbocycles. The Balaban J connectivity index is 1.71. The maximum Gasteiger partial charge on any atom is 0.258 e. The van der Waals surface area contributed by atoms with Crippen molar-refractivity contribution in [2.24, 2.45) is 7.05 Å². The van der Waals surface area contributed by atoms with E-state index in [0.717, 1.165) is 0 Å². The van der Waals surface area contributed by atoms with Crippen molar-refractivity contribution in [3.8, 4) is 17.1 Å². The molecule has 0 amide bonds. The fourth-order valence-corrected chi connectivity index (χ4v) is 2.79. The maximum absolute atomic E-state index is 13.2. The molecule has 9 heteroatoms. The molecule has 4 rings (SSSR count). The van der Waals surface area contributed by atoms with Crippen molar-refractivity contribution in [2.75, 3.05) is 0 Å². The van der Waals surface area contributed by atoms with Gasteiger partial charge in [0, 0.05) is 25.5 Å². The van der Waals surface area contributed by atoms with Gasteiger partial charge >= 0.3 is 0 Å². The third-order valence-electron chi connectivity index (χ3n) is 3.89. The van der Waals surface area contributed by atoms with E-state index < -0.39 is 5.82 Å². The van der Waals surface area contributed by atoms with Gasteiger partial charge in [-0.1, -0.05) is 11.6 Å². The van der Waals surface area contributed by atoms with Crippen LogP contribution in [-0.2, 0) is 13.7 Å². The Kier molecular flexibility index (Phi) is 4.33. The number of nitrogens with zero attached hydrogens (tertiary/aromatic N) is 4. The van der Waals surface area contributed by atoms with Crippen LogP contribution in [0.15, 0.2) is 47.8 Å². The molecule has 7 nitrogen and oxygen atoms in total. The fourth-order valence-electron chi connectivity index (χ4n) is 2.62. The summed E-state index contributed by atoms with van der Waals surface area (Å²) in [5.41, 5.74) is 1.23. The van der Waals surface area contributed by atoms with Crippen molar-refractivity contribution in [3.63, 3.8) is 0 Å². The Morgan fingerprint density at radius 2 is 2.15 bits per heavy atom. The number of H-pyrrole nitrogens is 1. The highest BCUT2D eigenvalue weighted by Gasteiger charge is 2.13. The van der Waals surface area contributed by atoms with E-state index in [2.05, 4.69) is 19.9 Å². The summed E-state index contributed by atoms with van der Waals surface area (Å²) in [5, 5.41) is 0.355. The van der Waals surface area contributed by atoms with Crippen LogP contribution in [0.4, 0.5) is 4.39 Å². The van der Waals surface area contributed by atoms with Crippen molar-refractivity contribution >= 4 is 22.5 Å². The maximum atomic E-state index is 13.2. The molecule has 0 atom stereocenters. The first-order valence-electron chi connectivity index (χ1n) is 7.95. The third kappa shape index (κ3) is 3.39. The second-order valence-electron chi connectivity index (χ2n) is 5.86. The van der Waals surface area contributed by atoms with Gasteiger partial charge in [-0.2, -0.15) is 0 Å². The van der Waals surface area contributed by atoms with Gasteiger partial charge < -0.3 is 14.3 Å². The first-order valence-corrected chi connectivity index (χ1v) is 8.33. The van der Waals surface area contributed by atoms with Gasteiger partial charge in [0.15, 0.2) is 0 Å². The minimum atomic E-state index is -0.535. The molecule has 0 saturated carbocycles. The molecular formula is C18H13ClFN5O2. The lowest BCUT2D eigenvalue weighted by Gasteiger charge is -2.08. The molecule has 1 aromatic carbocycles. The van der Waals surface area contributed by atoms with Gasteiger partial charge in [-0.3, -0.25) is 9.78 Å². The normalized spacial score (nSPS) is 11.1. The SMILES string of the molecule is Cn1cnc(-c2nccc3c(=O)[nH]c(COc4ccc(F)c(Cl)c4)nc23)c1. The first-order chi connectivity index (χ1) is 13.0. The molecule has 0 spiro atoms. The van der Waals surface area contributed by atoms with Crippen LogP contribution in [0.25, 0.3) is 22.3 Å². The number of aromatic amines is 1. The number of fused-ring (bicyclic) bond motifs is 1. The monoisotopic (exact) mass is 385 g/mol. The topological polar surface area (TPSA) is 85.7 Å². The van der Waals surface area contributed by atoms with Crippen molar-refractivity contribution in [1.29, 1.82) is 0 Å². The molecule has 1 N–H and O–H groups in total. The number of nitrogens with one attached hydrogen (secondary N) is 1. The quantitative estimate of drug-likeness (QED) is 0.583. The molecule has 0 aliphatic rings. The summed E-state index contributed by atoms with van der Waals surface area (Å²) in [6.45, 7) is -0.0241. The smallest absolute Gasteiger partial charge is 0.258 e. The van der Waals surface area contributed by atoms with E-state index in [1.165, 1.54) is 18.2 Å². The van der Waals surface area contributed by atoms with Gasteiger partial charge in [0.05, 0.1) is 16.7 Å². The van der Waals surface area contributed by atoms with E-state index >= 15 is 0 Å². The summed E-state index contributed by atoms with van der Waals surface area (Å²) in [6, 6.07) is 5.60. The second-order valence-corrected chi connectivity index (χ2v) is 6.26. The van der Waals surface area contributed by atoms with Crippen LogP contribution in [0, 0.1) is 5.82 Å². The van der Waals surface area contributed by atoms with Gasteiger partial charge in [0.1, 0.15) is 40.9 Å². The van der Waals surface area contributed by atoms with E-state index in [1.807, 2.05) is 7.05 Å². The van der Waals surface area contributed by atoms with E-state index in [1.54, 1.807) is 29.4 Å². The minimum absolute atomic E-state index is 0.0241. The molecule has 0 radical (unpaired) electrons. The molecule has 0 saturated heterocycles. The highest BCUT2D eigenvalue weighted by Crippen LogP contribution is 2.23. The average Bonchev–Trinajstić information content (AvgIpc) is 3.08. The number of benzene rings is 1. The van der Waals surface area contributed by atoms with Crippen molar-refractivity contribution in [1.82, 2.24) is 24.5 Å². The number of rotatable bonds is 4. The Morgan fingerprint density at radius 1 is 1.30 bits per heavy atom. The molecule has 136 valence electrons. The number of imidazole rings is 1. The molecule has 0 unspecified atom stereocenters. The summed E-state index contributed by atoms with van der Waals surface area (Å²) < 4.78 is 20.6. The number of hydrogen-bond acceptors (Lipinski definition) is 5. The predicted molar refractivity (Wildman–Crippen MR) is 98.1 cm³/mol. The van der Waals surface area contributed by atoms with Gasteiger partial charge in [-0.15, -0.1) is 0 Å². The molecule has 3 heterocycles. The lowest BCUT2D eigenvalue weighted by Crippen LogP contribution is -2.14. The van der Waals surface area contributed by atoms with Gasteiger partial charge in [-0.05, 0) is 18.2 Å². The number of pyridine rings is 1. The summed E-state index contributed by atoms with van der Waals surface area (Å²) in [7, 11) is 1.84. The Hall–Kier alpha value is -3.26. The molecule has 0 bridgehead atoms. The molecule has 4 aromatic rings. The zero-order chi connectivity index (χ0) is 19.0. The number of aromatic nitrogens is 5. The highest BCUT2D eigenvalue weighted by atomic mass is 35.5. The lowest BCUT2D eigenvalue weighted by molar-refractivity contribution is 0.295. The zero-order valence-corrected chi connectivity index (χ0v) is 14.9. The van der Waals surface area contributed by atoms with E-state index in [-0.39, 0.29) is 17.2 Å². The van der Waals surface area contributed by atoms with E-state index in [0.29, 0.717) is 33.9 Å². The van der Waals surface area contributed by atoms with Crippen molar-refractivity contribution < 1.29 is 9.13 Å². The van der Waals surface area contributed by atoms with Crippen LogP contribution in [0.1, 0.15) is 5.82 Å². The Bertz CT molecular complexity index is 1200. The highest BCUT2D eigenvalue weighted by molar-refractivity contribution is 6.30. The number of hydrogen-bond donors (Lipinski definition) is 1. The summed E-state index contributed by atoms with van der Waals surface area (Å²) in [4.78, 5) is 28.2. The molecule has 3 aromatic heterocycles. The Morgan fingerprint density at radius 3 is 2.89 bits per heavy atom. The van der Waals surface area contributed by atoms with Gasteiger partial charge in [0.2, 0.25) is 0 Å². The number of ether oxygens (including phenoxy) is 1. The average molecular weight is 386 g/mol. The van der Waals surface area contributed by atoms with E-state index in [4.69, 9.17) is 16.3 Å². The first kappa shape index (κ1) is 17.2. The summed E-state index contributed by atoms with van der Waals surface area (Å²) in [5.74, 6) is 0.130. The van der Waals surface area contributed by atoms with Gasteiger partial charge in [0.25, 0.3) is 5.56 Å². The fraction of sp³-hybridized carbons (Fsp3) is 0.111. The zero-order valence-electron chi connectivity index (χ0n) is 14.1. The van der Waals surface area contributed by atoms with Crippen LogP contribution < -0.4 is 10.3 Å². The minimum Gasteiger partial charge on any atom is -0.486 e. The van der Waals surface area contributed by atoms with Crippen LogP contribution in [-0.4, -0.2) is 24.5 Å². The summed E-state index contributed by atoms with van der Waals surface area (Å²) in [6.07, 6.45) is 4.98.